The van der Waals surface area contributed by atoms with Crippen LogP contribution in [0.5, 0.6) is 11.5 Å². The molecule has 0 saturated carbocycles. The second-order valence-corrected chi connectivity index (χ2v) is 9.85. The van der Waals surface area contributed by atoms with E-state index in [9.17, 15) is 13.2 Å². The number of nitrogens with zero attached hydrogens (tertiary/aromatic N) is 2. The standard InChI is InChI=1S/C21H29N3O5S/c1-14-18(15(2)24(23-14)17-8-10-30(26,27)13-17)12-21(25)22-9-7-16-5-6-19(28-3)20(11-16)29-4/h5-6,11,17H,7-10,12-13H2,1-4H3,(H,22,25). The number of ether oxygens (including phenoxy) is 2. The molecule has 164 valence electrons. The molecule has 1 aliphatic heterocycles. The van der Waals surface area contributed by atoms with Gasteiger partial charge in [-0.2, -0.15) is 5.10 Å². The van der Waals surface area contributed by atoms with Crippen molar-refractivity contribution in [3.8, 4) is 11.5 Å². The molecule has 1 amide bonds. The summed E-state index contributed by atoms with van der Waals surface area (Å²) >= 11 is 0. The first-order valence-corrected chi connectivity index (χ1v) is 11.8. The summed E-state index contributed by atoms with van der Waals surface area (Å²) in [5, 5.41) is 7.47. The maximum atomic E-state index is 12.5. The van der Waals surface area contributed by atoms with Crippen LogP contribution in [0.15, 0.2) is 18.2 Å². The molecule has 1 unspecified atom stereocenters. The van der Waals surface area contributed by atoms with Crippen LogP contribution in [0, 0.1) is 13.8 Å². The van der Waals surface area contributed by atoms with E-state index < -0.39 is 9.84 Å². The summed E-state index contributed by atoms with van der Waals surface area (Å²) in [6.45, 7) is 4.26. The minimum absolute atomic E-state index is 0.0831. The van der Waals surface area contributed by atoms with Gasteiger partial charge in [-0.1, -0.05) is 6.07 Å². The molecular weight excluding hydrogens is 406 g/mol. The number of aromatic nitrogens is 2. The van der Waals surface area contributed by atoms with E-state index in [0.717, 1.165) is 22.5 Å². The van der Waals surface area contributed by atoms with Crippen LogP contribution in [0.2, 0.25) is 0 Å². The lowest BCUT2D eigenvalue weighted by Gasteiger charge is -2.12. The van der Waals surface area contributed by atoms with E-state index in [2.05, 4.69) is 10.4 Å². The smallest absolute Gasteiger partial charge is 0.224 e. The van der Waals surface area contributed by atoms with Crippen molar-refractivity contribution in [1.29, 1.82) is 0 Å². The van der Waals surface area contributed by atoms with Gasteiger partial charge in [0.05, 0.1) is 43.9 Å². The Morgan fingerprint density at radius 2 is 1.97 bits per heavy atom. The van der Waals surface area contributed by atoms with E-state index in [4.69, 9.17) is 9.47 Å². The lowest BCUT2D eigenvalue weighted by atomic mass is 10.1. The van der Waals surface area contributed by atoms with Crippen molar-refractivity contribution < 1.29 is 22.7 Å². The van der Waals surface area contributed by atoms with Crippen molar-refractivity contribution in [1.82, 2.24) is 15.1 Å². The highest BCUT2D eigenvalue weighted by molar-refractivity contribution is 7.91. The number of benzene rings is 1. The van der Waals surface area contributed by atoms with Crippen molar-refractivity contribution in [2.24, 2.45) is 0 Å². The number of hydrogen-bond acceptors (Lipinski definition) is 6. The summed E-state index contributed by atoms with van der Waals surface area (Å²) in [6, 6.07) is 5.55. The van der Waals surface area contributed by atoms with Crippen molar-refractivity contribution in [2.75, 3.05) is 32.3 Å². The molecule has 2 aromatic rings. The number of hydrogen-bond donors (Lipinski definition) is 1. The fourth-order valence-electron chi connectivity index (χ4n) is 3.88. The van der Waals surface area contributed by atoms with Gasteiger partial charge in [0.2, 0.25) is 5.91 Å². The van der Waals surface area contributed by atoms with E-state index in [1.807, 2.05) is 32.0 Å². The van der Waals surface area contributed by atoms with Crippen molar-refractivity contribution >= 4 is 15.7 Å². The minimum Gasteiger partial charge on any atom is -0.493 e. The monoisotopic (exact) mass is 435 g/mol. The fraction of sp³-hybridized carbons (Fsp3) is 0.524. The van der Waals surface area contributed by atoms with E-state index in [1.54, 1.807) is 18.9 Å². The van der Waals surface area contributed by atoms with Gasteiger partial charge in [-0.25, -0.2) is 8.42 Å². The van der Waals surface area contributed by atoms with Crippen LogP contribution in [0.3, 0.4) is 0 Å². The second kappa shape index (κ2) is 9.07. The molecule has 1 atom stereocenters. The summed E-state index contributed by atoms with van der Waals surface area (Å²) < 4.78 is 35.9. The number of sulfone groups is 1. The number of amides is 1. The number of methoxy groups -OCH3 is 2. The molecule has 30 heavy (non-hydrogen) atoms. The third-order valence-corrected chi connectivity index (χ3v) is 7.30. The molecule has 1 saturated heterocycles. The van der Waals surface area contributed by atoms with Crippen LogP contribution in [-0.4, -0.2) is 56.4 Å². The molecule has 0 aliphatic carbocycles. The SMILES string of the molecule is COc1ccc(CCNC(=O)Cc2c(C)nn(C3CCS(=O)(=O)C3)c2C)cc1OC. The van der Waals surface area contributed by atoms with E-state index >= 15 is 0 Å². The molecular formula is C21H29N3O5S. The molecule has 2 heterocycles. The maximum Gasteiger partial charge on any atom is 0.224 e. The first kappa shape index (κ1) is 22.1. The molecule has 0 spiro atoms. The maximum absolute atomic E-state index is 12.5. The Hall–Kier alpha value is -2.55. The molecule has 9 heteroatoms. The van der Waals surface area contributed by atoms with Gasteiger partial charge in [-0.05, 0) is 44.4 Å². The number of aryl methyl sites for hydroxylation is 1. The van der Waals surface area contributed by atoms with E-state index in [0.29, 0.717) is 30.9 Å². The van der Waals surface area contributed by atoms with Gasteiger partial charge in [0.25, 0.3) is 0 Å². The summed E-state index contributed by atoms with van der Waals surface area (Å²) in [7, 11) is 0.193. The Morgan fingerprint density at radius 3 is 2.60 bits per heavy atom. The van der Waals surface area contributed by atoms with E-state index in [1.165, 1.54) is 0 Å². The number of carbonyl (C=O) groups excluding carboxylic acids is 1. The van der Waals surface area contributed by atoms with Crippen LogP contribution in [0.4, 0.5) is 0 Å². The first-order chi connectivity index (χ1) is 14.2. The largest absolute Gasteiger partial charge is 0.493 e. The third kappa shape index (κ3) is 4.95. The van der Waals surface area contributed by atoms with Crippen LogP contribution < -0.4 is 14.8 Å². The normalized spacial score (nSPS) is 17.7. The van der Waals surface area contributed by atoms with Gasteiger partial charge in [-0.15, -0.1) is 0 Å². The van der Waals surface area contributed by atoms with Gasteiger partial charge in [0.15, 0.2) is 21.3 Å². The lowest BCUT2D eigenvalue weighted by molar-refractivity contribution is -0.120. The third-order valence-electron chi connectivity index (χ3n) is 5.55. The van der Waals surface area contributed by atoms with Gasteiger partial charge < -0.3 is 14.8 Å². The predicted molar refractivity (Wildman–Crippen MR) is 114 cm³/mol. The molecule has 0 bridgehead atoms. The van der Waals surface area contributed by atoms with Crippen LogP contribution in [0.1, 0.15) is 35.0 Å². The number of carbonyl (C=O) groups is 1. The Balaban J connectivity index is 1.58. The number of nitrogens with one attached hydrogen (secondary N) is 1. The second-order valence-electron chi connectivity index (χ2n) is 7.62. The lowest BCUT2D eigenvalue weighted by Crippen LogP contribution is -2.27. The molecule has 8 nitrogen and oxygen atoms in total. The summed E-state index contributed by atoms with van der Waals surface area (Å²) in [5.41, 5.74) is 3.54. The van der Waals surface area contributed by atoms with Crippen LogP contribution >= 0.6 is 0 Å². The highest BCUT2D eigenvalue weighted by atomic mass is 32.2. The molecule has 1 aromatic heterocycles. The molecule has 1 aromatic carbocycles. The summed E-state index contributed by atoms with van der Waals surface area (Å²) in [5.74, 6) is 1.56. The van der Waals surface area contributed by atoms with Crippen molar-refractivity contribution in [3.63, 3.8) is 0 Å². The zero-order valence-corrected chi connectivity index (χ0v) is 18.7. The average Bonchev–Trinajstić information content (AvgIpc) is 3.21. The van der Waals surface area contributed by atoms with Gasteiger partial charge in [0.1, 0.15) is 0 Å². The Labute approximate surface area is 177 Å². The number of rotatable bonds is 8. The quantitative estimate of drug-likeness (QED) is 0.679. The minimum atomic E-state index is -2.99. The van der Waals surface area contributed by atoms with Crippen molar-refractivity contribution in [3.05, 3.63) is 40.7 Å². The molecule has 0 radical (unpaired) electrons. The molecule has 1 N–H and O–H groups in total. The van der Waals surface area contributed by atoms with Crippen LogP contribution in [0.25, 0.3) is 0 Å². The van der Waals surface area contributed by atoms with Crippen LogP contribution in [-0.2, 0) is 27.5 Å². The zero-order valence-electron chi connectivity index (χ0n) is 17.9. The average molecular weight is 436 g/mol. The summed E-state index contributed by atoms with van der Waals surface area (Å²) in [6.07, 6.45) is 1.47. The Morgan fingerprint density at radius 1 is 1.23 bits per heavy atom. The Kier molecular flexibility index (Phi) is 6.70. The molecule has 1 fully saturated rings. The molecule has 1 aliphatic rings. The summed E-state index contributed by atoms with van der Waals surface area (Å²) in [4.78, 5) is 12.5. The fourth-order valence-corrected chi connectivity index (χ4v) is 5.57. The first-order valence-electron chi connectivity index (χ1n) is 9.96. The van der Waals surface area contributed by atoms with Gasteiger partial charge >= 0.3 is 0 Å². The zero-order chi connectivity index (χ0) is 21.9. The van der Waals surface area contributed by atoms with E-state index in [-0.39, 0.29) is 29.9 Å². The Bertz CT molecular complexity index is 1030. The highest BCUT2D eigenvalue weighted by Crippen LogP contribution is 2.28. The van der Waals surface area contributed by atoms with Crippen molar-refractivity contribution in [2.45, 2.75) is 39.2 Å². The van der Waals surface area contributed by atoms with Gasteiger partial charge in [0, 0.05) is 17.8 Å². The predicted octanol–water partition coefficient (Wildman–Crippen LogP) is 1.78. The topological polar surface area (TPSA) is 99.5 Å². The van der Waals surface area contributed by atoms with Gasteiger partial charge in [-0.3, -0.25) is 9.48 Å². The highest BCUT2D eigenvalue weighted by Gasteiger charge is 2.31. The molecule has 3 rings (SSSR count).